The largest absolute Gasteiger partial charge is 0.307 e. The molecular weight excluding hydrogens is 493 g/mol. The summed E-state index contributed by atoms with van der Waals surface area (Å²) in [4.78, 5) is 26.2. The van der Waals surface area contributed by atoms with Crippen LogP contribution in [0, 0.1) is 0 Å². The number of hydrogen-bond acceptors (Lipinski definition) is 4. The molecule has 1 amide bonds. The van der Waals surface area contributed by atoms with E-state index in [1.165, 1.54) is 11.8 Å². The van der Waals surface area contributed by atoms with Crippen molar-refractivity contribution < 1.29 is 9.59 Å². The minimum absolute atomic E-state index is 0.0544. The SMILES string of the molecule is O=C1NC(=S)S/C1=C(/C=C(\CC(=O)c1ccc(Cl)cc1)c1ccccc1)c1ccc(Cl)cc1. The van der Waals surface area contributed by atoms with E-state index in [9.17, 15) is 9.59 Å². The summed E-state index contributed by atoms with van der Waals surface area (Å²) in [6.45, 7) is 0. The fourth-order valence-electron chi connectivity index (χ4n) is 3.37. The Kier molecular flexibility index (Phi) is 7.46. The van der Waals surface area contributed by atoms with Crippen molar-refractivity contribution in [2.75, 3.05) is 0 Å². The van der Waals surface area contributed by atoms with Crippen LogP contribution < -0.4 is 5.32 Å². The number of benzene rings is 3. The number of Topliss-reactive ketones (excluding diaryl/α,β-unsaturated/α-hetero) is 1. The van der Waals surface area contributed by atoms with Crippen molar-refractivity contribution in [1.82, 2.24) is 5.32 Å². The lowest BCUT2D eigenvalue weighted by molar-refractivity contribution is -0.115. The van der Waals surface area contributed by atoms with Gasteiger partial charge in [-0.25, -0.2) is 0 Å². The van der Waals surface area contributed by atoms with Crippen LogP contribution in [0.4, 0.5) is 0 Å². The molecule has 0 unspecified atom stereocenters. The van der Waals surface area contributed by atoms with Crippen molar-refractivity contribution in [2.24, 2.45) is 0 Å². The number of thiocarbonyl (C=S) groups is 1. The molecule has 0 saturated carbocycles. The highest BCUT2D eigenvalue weighted by Gasteiger charge is 2.26. The smallest absolute Gasteiger partial charge is 0.264 e. The Morgan fingerprint density at radius 3 is 1.97 bits per heavy atom. The molecule has 1 N–H and O–H groups in total. The zero-order valence-corrected chi connectivity index (χ0v) is 20.3. The maximum absolute atomic E-state index is 13.1. The van der Waals surface area contributed by atoms with Crippen molar-refractivity contribution in [1.29, 1.82) is 0 Å². The number of thioether (sulfide) groups is 1. The van der Waals surface area contributed by atoms with Gasteiger partial charge in [0.15, 0.2) is 5.78 Å². The van der Waals surface area contributed by atoms with E-state index in [1.54, 1.807) is 36.4 Å². The lowest BCUT2D eigenvalue weighted by Gasteiger charge is -2.12. The number of halogens is 2. The average molecular weight is 510 g/mol. The summed E-state index contributed by atoms with van der Waals surface area (Å²) in [6, 6.07) is 23.7. The molecule has 0 bridgehead atoms. The molecule has 1 saturated heterocycles. The van der Waals surface area contributed by atoms with E-state index in [0.717, 1.165) is 16.7 Å². The molecule has 1 aliphatic rings. The molecule has 0 spiro atoms. The second-order valence-electron chi connectivity index (χ2n) is 7.24. The monoisotopic (exact) mass is 509 g/mol. The molecule has 1 fully saturated rings. The normalized spacial score (nSPS) is 15.4. The van der Waals surface area contributed by atoms with Gasteiger partial charge in [0.05, 0.1) is 4.91 Å². The van der Waals surface area contributed by atoms with E-state index in [0.29, 0.717) is 30.4 Å². The topological polar surface area (TPSA) is 46.2 Å². The van der Waals surface area contributed by atoms with Gasteiger partial charge in [-0.2, -0.15) is 0 Å². The molecular formula is C26H17Cl2NO2S2. The van der Waals surface area contributed by atoms with E-state index in [2.05, 4.69) is 5.32 Å². The molecule has 164 valence electrons. The Morgan fingerprint density at radius 2 is 1.42 bits per heavy atom. The maximum atomic E-state index is 13.1. The van der Waals surface area contributed by atoms with Crippen LogP contribution in [0.15, 0.2) is 89.8 Å². The third-order valence-corrected chi connectivity index (χ3v) is 6.75. The fourth-order valence-corrected chi connectivity index (χ4v) is 4.73. The van der Waals surface area contributed by atoms with E-state index >= 15 is 0 Å². The fraction of sp³-hybridized carbons (Fsp3) is 0.0385. The van der Waals surface area contributed by atoms with Gasteiger partial charge >= 0.3 is 0 Å². The molecule has 3 aromatic carbocycles. The summed E-state index contributed by atoms with van der Waals surface area (Å²) in [5.74, 6) is -0.316. The molecule has 0 aromatic heterocycles. The van der Waals surface area contributed by atoms with Crippen LogP contribution in [-0.4, -0.2) is 16.0 Å². The number of ketones is 1. The maximum Gasteiger partial charge on any atom is 0.264 e. The Morgan fingerprint density at radius 1 is 0.848 bits per heavy atom. The van der Waals surface area contributed by atoms with Gasteiger partial charge in [0.2, 0.25) is 0 Å². The van der Waals surface area contributed by atoms with Gasteiger partial charge in [0.1, 0.15) is 4.32 Å². The van der Waals surface area contributed by atoms with Crippen molar-refractivity contribution in [3.8, 4) is 0 Å². The third kappa shape index (κ3) is 5.81. The van der Waals surface area contributed by atoms with Crippen molar-refractivity contribution in [3.63, 3.8) is 0 Å². The lowest BCUT2D eigenvalue weighted by Crippen LogP contribution is -2.18. The van der Waals surface area contributed by atoms with E-state index in [1.807, 2.05) is 48.5 Å². The van der Waals surface area contributed by atoms with Crippen LogP contribution in [0.1, 0.15) is 27.9 Å². The second-order valence-corrected chi connectivity index (χ2v) is 9.80. The Balaban J connectivity index is 1.83. The zero-order valence-electron chi connectivity index (χ0n) is 17.2. The quantitative estimate of drug-likeness (QED) is 0.216. The third-order valence-electron chi connectivity index (χ3n) is 5.00. The summed E-state index contributed by atoms with van der Waals surface area (Å²) in [6.07, 6.45) is 2.04. The van der Waals surface area contributed by atoms with E-state index in [4.69, 9.17) is 35.4 Å². The minimum atomic E-state index is -0.261. The van der Waals surface area contributed by atoms with Gasteiger partial charge < -0.3 is 5.32 Å². The summed E-state index contributed by atoms with van der Waals surface area (Å²) >= 11 is 18.5. The van der Waals surface area contributed by atoms with Crippen LogP contribution in [0.3, 0.4) is 0 Å². The first-order valence-corrected chi connectivity index (χ1v) is 12.0. The average Bonchev–Trinajstić information content (AvgIpc) is 3.15. The van der Waals surface area contributed by atoms with Crippen molar-refractivity contribution >= 4 is 74.3 Å². The summed E-state index contributed by atoms with van der Waals surface area (Å²) in [7, 11) is 0. The van der Waals surface area contributed by atoms with Crippen LogP contribution in [-0.2, 0) is 4.79 Å². The highest BCUT2D eigenvalue weighted by atomic mass is 35.5. The van der Waals surface area contributed by atoms with Crippen LogP contribution in [0.25, 0.3) is 11.1 Å². The number of rotatable bonds is 6. The first-order chi connectivity index (χ1) is 15.9. The second kappa shape index (κ2) is 10.5. The summed E-state index contributed by atoms with van der Waals surface area (Å²) < 4.78 is 0.397. The first kappa shape index (κ1) is 23.5. The van der Waals surface area contributed by atoms with Gasteiger partial charge in [-0.15, -0.1) is 0 Å². The first-order valence-electron chi connectivity index (χ1n) is 9.99. The lowest BCUT2D eigenvalue weighted by atomic mass is 9.93. The van der Waals surface area contributed by atoms with Crippen LogP contribution in [0.2, 0.25) is 10.0 Å². The number of carbonyl (C=O) groups excluding carboxylic acids is 2. The zero-order chi connectivity index (χ0) is 23.4. The molecule has 1 aliphatic heterocycles. The number of amides is 1. The van der Waals surface area contributed by atoms with E-state index in [-0.39, 0.29) is 18.1 Å². The number of allylic oxidation sites excluding steroid dienone is 3. The van der Waals surface area contributed by atoms with Gasteiger partial charge in [0, 0.05) is 27.6 Å². The minimum Gasteiger partial charge on any atom is -0.307 e. The molecule has 0 aliphatic carbocycles. The van der Waals surface area contributed by atoms with Crippen molar-refractivity contribution in [3.05, 3.63) is 117 Å². The number of nitrogens with one attached hydrogen (secondary N) is 1. The van der Waals surface area contributed by atoms with Crippen LogP contribution in [0.5, 0.6) is 0 Å². The van der Waals surface area contributed by atoms with Gasteiger partial charge in [0.25, 0.3) is 5.91 Å². The molecule has 0 radical (unpaired) electrons. The highest BCUT2D eigenvalue weighted by molar-refractivity contribution is 8.26. The molecule has 33 heavy (non-hydrogen) atoms. The standard InChI is InChI=1S/C26H17Cl2NO2S2/c27-20-10-6-17(7-11-20)22(24-25(31)29-26(32)33-24)14-19(16-4-2-1-3-5-16)15-23(30)18-8-12-21(28)13-9-18/h1-14H,15H2,(H,29,31,32)/b19-14+,24-22-. The van der Waals surface area contributed by atoms with Crippen molar-refractivity contribution in [2.45, 2.75) is 6.42 Å². The Labute approximate surface area is 211 Å². The highest BCUT2D eigenvalue weighted by Crippen LogP contribution is 2.36. The molecule has 3 aromatic rings. The summed E-state index contributed by atoms with van der Waals surface area (Å²) in [5, 5.41) is 3.84. The van der Waals surface area contributed by atoms with Gasteiger partial charge in [-0.05, 0) is 59.2 Å². The van der Waals surface area contributed by atoms with E-state index < -0.39 is 0 Å². The van der Waals surface area contributed by atoms with Crippen LogP contribution >= 0.6 is 47.2 Å². The summed E-state index contributed by atoms with van der Waals surface area (Å²) in [5.41, 5.74) is 3.71. The number of carbonyl (C=O) groups is 2. The Bertz CT molecular complexity index is 1280. The molecule has 0 atom stereocenters. The predicted octanol–water partition coefficient (Wildman–Crippen LogP) is 7.21. The van der Waals surface area contributed by atoms with Gasteiger partial charge in [-0.3, -0.25) is 9.59 Å². The molecule has 4 rings (SSSR count). The van der Waals surface area contributed by atoms with Gasteiger partial charge in [-0.1, -0.05) is 89.6 Å². The Hall–Kier alpha value is -2.70. The molecule has 7 heteroatoms. The number of hydrogen-bond donors (Lipinski definition) is 1. The predicted molar refractivity (Wildman–Crippen MR) is 142 cm³/mol. The molecule has 1 heterocycles. The molecule has 3 nitrogen and oxygen atoms in total.